The molecule has 2 rings (SSSR count). The Hall–Kier alpha value is -1.26. The van der Waals surface area contributed by atoms with E-state index in [-0.39, 0.29) is 11.6 Å². The minimum absolute atomic E-state index is 0.111. The summed E-state index contributed by atoms with van der Waals surface area (Å²) in [6, 6.07) is 6.29. The third-order valence-electron chi connectivity index (χ3n) is 3.72. The summed E-state index contributed by atoms with van der Waals surface area (Å²) in [7, 11) is 0. The van der Waals surface area contributed by atoms with Crippen molar-refractivity contribution in [1.29, 1.82) is 0 Å². The second-order valence-electron chi connectivity index (χ2n) is 5.78. The number of likely N-dealkylation sites (N-methyl/N-ethyl adjacent to an activating group) is 1. The molecule has 0 saturated carbocycles. The molecule has 0 aromatic heterocycles. The Morgan fingerprint density at radius 2 is 1.90 bits per heavy atom. The van der Waals surface area contributed by atoms with E-state index >= 15 is 0 Å². The zero-order valence-electron chi connectivity index (χ0n) is 13.6. The molecule has 0 bridgehead atoms. The van der Waals surface area contributed by atoms with Crippen LogP contribution in [-0.4, -0.2) is 32.0 Å². The van der Waals surface area contributed by atoms with E-state index in [9.17, 15) is 0 Å². The maximum atomic E-state index is 5.93. The molecule has 0 fully saturated rings. The van der Waals surface area contributed by atoms with Gasteiger partial charge >= 0.3 is 0 Å². The first-order valence-corrected chi connectivity index (χ1v) is 7.85. The minimum atomic E-state index is -0.287. The smallest absolute Gasteiger partial charge is 0.161 e. The number of hydrogen-bond donors (Lipinski definition) is 1. The third kappa shape index (κ3) is 3.89. The van der Waals surface area contributed by atoms with Crippen LogP contribution in [0.4, 0.5) is 0 Å². The van der Waals surface area contributed by atoms with Crippen LogP contribution in [0.2, 0.25) is 0 Å². The molecule has 1 heterocycles. The second-order valence-corrected chi connectivity index (χ2v) is 5.78. The lowest BCUT2D eigenvalue weighted by atomic mass is 9.91. The summed E-state index contributed by atoms with van der Waals surface area (Å²) in [4.78, 5) is 0. The number of fused-ring (bicyclic) bond motifs is 1. The second kappa shape index (κ2) is 7.14. The Morgan fingerprint density at radius 3 is 2.57 bits per heavy atom. The van der Waals surface area contributed by atoms with Crippen molar-refractivity contribution in [3.8, 4) is 11.5 Å². The van der Waals surface area contributed by atoms with Crippen molar-refractivity contribution in [1.82, 2.24) is 5.32 Å². The van der Waals surface area contributed by atoms with E-state index in [4.69, 9.17) is 14.2 Å². The topological polar surface area (TPSA) is 39.7 Å². The van der Waals surface area contributed by atoms with Gasteiger partial charge in [-0.25, -0.2) is 0 Å². The SMILES string of the molecule is CCNC(c1ccc2c(c1)OCCCO2)C(C)(C)OCC. The minimum Gasteiger partial charge on any atom is -0.490 e. The molecule has 4 nitrogen and oxygen atoms in total. The highest BCUT2D eigenvalue weighted by atomic mass is 16.5. The quantitative estimate of drug-likeness (QED) is 0.873. The highest BCUT2D eigenvalue weighted by molar-refractivity contribution is 5.44. The van der Waals surface area contributed by atoms with Gasteiger partial charge in [-0.15, -0.1) is 0 Å². The van der Waals surface area contributed by atoms with Crippen molar-refractivity contribution in [2.75, 3.05) is 26.4 Å². The molecular formula is C17H27NO3. The van der Waals surface area contributed by atoms with Crippen LogP contribution in [-0.2, 0) is 4.74 Å². The van der Waals surface area contributed by atoms with Gasteiger partial charge in [0, 0.05) is 13.0 Å². The van der Waals surface area contributed by atoms with E-state index < -0.39 is 0 Å². The van der Waals surface area contributed by atoms with Gasteiger partial charge in [0.1, 0.15) is 0 Å². The summed E-state index contributed by atoms with van der Waals surface area (Å²) >= 11 is 0. The molecule has 0 amide bonds. The lowest BCUT2D eigenvalue weighted by molar-refractivity contribution is -0.0389. The highest BCUT2D eigenvalue weighted by Gasteiger charge is 2.31. The molecule has 21 heavy (non-hydrogen) atoms. The normalized spacial score (nSPS) is 16.4. The lowest BCUT2D eigenvalue weighted by Gasteiger charge is -2.35. The summed E-state index contributed by atoms with van der Waals surface area (Å²) in [6.07, 6.45) is 0.922. The van der Waals surface area contributed by atoms with Crippen molar-refractivity contribution in [3.63, 3.8) is 0 Å². The Bertz CT molecular complexity index is 459. The van der Waals surface area contributed by atoms with E-state index in [1.807, 2.05) is 13.0 Å². The van der Waals surface area contributed by atoms with Crippen LogP contribution in [0.5, 0.6) is 11.5 Å². The zero-order valence-corrected chi connectivity index (χ0v) is 13.6. The Balaban J connectivity index is 2.30. The molecule has 0 saturated heterocycles. The number of hydrogen-bond acceptors (Lipinski definition) is 4. The van der Waals surface area contributed by atoms with E-state index in [2.05, 4.69) is 38.2 Å². The van der Waals surface area contributed by atoms with Gasteiger partial charge in [0.25, 0.3) is 0 Å². The van der Waals surface area contributed by atoms with E-state index in [0.717, 1.165) is 24.5 Å². The molecule has 4 heteroatoms. The average Bonchev–Trinajstić information content (AvgIpc) is 2.68. The van der Waals surface area contributed by atoms with E-state index in [0.29, 0.717) is 19.8 Å². The van der Waals surface area contributed by atoms with Crippen LogP contribution in [0.25, 0.3) is 0 Å². The van der Waals surface area contributed by atoms with Gasteiger partial charge in [-0.05, 0) is 45.0 Å². The third-order valence-corrected chi connectivity index (χ3v) is 3.72. The molecule has 1 aromatic carbocycles. The van der Waals surface area contributed by atoms with Gasteiger partial charge in [0.05, 0.1) is 24.9 Å². The zero-order chi connectivity index (χ0) is 15.3. The largest absolute Gasteiger partial charge is 0.490 e. The number of rotatable bonds is 6. The molecule has 1 aliphatic heterocycles. The molecule has 1 N–H and O–H groups in total. The van der Waals surface area contributed by atoms with Crippen LogP contribution >= 0.6 is 0 Å². The maximum Gasteiger partial charge on any atom is 0.161 e. The molecule has 1 aromatic rings. The summed E-state index contributed by atoms with van der Waals surface area (Å²) in [5.41, 5.74) is 0.879. The van der Waals surface area contributed by atoms with Crippen molar-refractivity contribution in [3.05, 3.63) is 23.8 Å². The van der Waals surface area contributed by atoms with Crippen LogP contribution in [0.15, 0.2) is 18.2 Å². The Morgan fingerprint density at radius 1 is 1.19 bits per heavy atom. The standard InChI is InChI=1S/C17H27NO3/c1-5-18-16(17(3,4)21-6-2)13-8-9-14-15(12-13)20-11-7-10-19-14/h8-9,12,16,18H,5-7,10-11H2,1-4H3. The van der Waals surface area contributed by atoms with Crippen LogP contribution in [0, 0.1) is 0 Å². The molecule has 0 aliphatic carbocycles. The molecular weight excluding hydrogens is 266 g/mol. The number of nitrogens with one attached hydrogen (secondary N) is 1. The predicted octanol–water partition coefficient (Wildman–Crippen LogP) is 3.31. The molecule has 1 unspecified atom stereocenters. The Kier molecular flexibility index (Phi) is 5.48. The van der Waals surface area contributed by atoms with Crippen LogP contribution in [0.3, 0.4) is 0 Å². The van der Waals surface area contributed by atoms with Gasteiger partial charge in [0.15, 0.2) is 11.5 Å². The van der Waals surface area contributed by atoms with Gasteiger partial charge in [-0.3, -0.25) is 0 Å². The highest BCUT2D eigenvalue weighted by Crippen LogP contribution is 2.36. The fourth-order valence-corrected chi connectivity index (χ4v) is 2.78. The lowest BCUT2D eigenvalue weighted by Crippen LogP contribution is -2.41. The van der Waals surface area contributed by atoms with Gasteiger partial charge < -0.3 is 19.5 Å². The van der Waals surface area contributed by atoms with Crippen molar-refractivity contribution in [2.24, 2.45) is 0 Å². The first-order chi connectivity index (χ1) is 10.1. The monoisotopic (exact) mass is 293 g/mol. The molecule has 0 spiro atoms. The fourth-order valence-electron chi connectivity index (χ4n) is 2.78. The van der Waals surface area contributed by atoms with Crippen LogP contribution in [0.1, 0.15) is 45.7 Å². The summed E-state index contributed by atoms with van der Waals surface area (Å²) in [5.74, 6) is 1.67. The van der Waals surface area contributed by atoms with Crippen molar-refractivity contribution in [2.45, 2.75) is 45.8 Å². The maximum absolute atomic E-state index is 5.93. The van der Waals surface area contributed by atoms with Gasteiger partial charge in [-0.1, -0.05) is 13.0 Å². The predicted molar refractivity (Wildman–Crippen MR) is 84.2 cm³/mol. The van der Waals surface area contributed by atoms with Crippen molar-refractivity contribution < 1.29 is 14.2 Å². The molecule has 0 radical (unpaired) electrons. The van der Waals surface area contributed by atoms with Gasteiger partial charge in [-0.2, -0.15) is 0 Å². The molecule has 118 valence electrons. The van der Waals surface area contributed by atoms with E-state index in [1.54, 1.807) is 0 Å². The first kappa shape index (κ1) is 16.1. The number of benzene rings is 1. The van der Waals surface area contributed by atoms with E-state index in [1.165, 1.54) is 5.56 Å². The fraction of sp³-hybridized carbons (Fsp3) is 0.647. The van der Waals surface area contributed by atoms with Crippen LogP contribution < -0.4 is 14.8 Å². The molecule has 1 atom stereocenters. The summed E-state index contributed by atoms with van der Waals surface area (Å²) in [5, 5.41) is 3.53. The Labute approximate surface area is 127 Å². The summed E-state index contributed by atoms with van der Waals surface area (Å²) in [6.45, 7) is 11.4. The van der Waals surface area contributed by atoms with Gasteiger partial charge in [0.2, 0.25) is 0 Å². The molecule has 1 aliphatic rings. The first-order valence-electron chi connectivity index (χ1n) is 7.85. The van der Waals surface area contributed by atoms with Crippen molar-refractivity contribution >= 4 is 0 Å². The number of ether oxygens (including phenoxy) is 3. The summed E-state index contributed by atoms with van der Waals surface area (Å²) < 4.78 is 17.4. The average molecular weight is 293 g/mol.